The number of benzene rings is 2. The molecule has 7 heteroatoms. The van der Waals surface area contributed by atoms with Gasteiger partial charge in [0.2, 0.25) is 11.8 Å². The number of rotatable bonds is 5. The monoisotopic (exact) mass is 403 g/mol. The normalized spacial score (nSPS) is 13.9. The van der Waals surface area contributed by atoms with Crippen LogP contribution in [0, 0.1) is 6.92 Å². The van der Waals surface area contributed by atoms with Gasteiger partial charge in [0, 0.05) is 43.0 Å². The van der Waals surface area contributed by atoms with Crippen molar-refractivity contribution in [3.05, 3.63) is 54.1 Å². The van der Waals surface area contributed by atoms with E-state index in [1.807, 2.05) is 60.4 Å². The van der Waals surface area contributed by atoms with Crippen LogP contribution in [0.4, 0.5) is 22.9 Å². The Kier molecular flexibility index (Phi) is 5.52. The Morgan fingerprint density at radius 3 is 2.60 bits per heavy atom. The van der Waals surface area contributed by atoms with Crippen LogP contribution in [0.15, 0.2) is 48.5 Å². The molecule has 30 heavy (non-hydrogen) atoms. The minimum absolute atomic E-state index is 0.0947. The number of aryl methyl sites for hydroxylation is 1. The quantitative estimate of drug-likeness (QED) is 0.581. The Balaban J connectivity index is 1.46. The third-order valence-electron chi connectivity index (χ3n) is 5.20. The van der Waals surface area contributed by atoms with Gasteiger partial charge < -0.3 is 15.5 Å². The fourth-order valence-electron chi connectivity index (χ4n) is 3.66. The molecule has 7 nitrogen and oxygen atoms in total. The molecular formula is C23H25N5O2. The number of amides is 2. The highest BCUT2D eigenvalue weighted by Gasteiger charge is 2.19. The summed E-state index contributed by atoms with van der Waals surface area (Å²) in [7, 11) is 0. The van der Waals surface area contributed by atoms with Gasteiger partial charge >= 0.3 is 0 Å². The summed E-state index contributed by atoms with van der Waals surface area (Å²) in [6.07, 6.45) is 2.66. The molecule has 1 aliphatic heterocycles. The highest BCUT2D eigenvalue weighted by atomic mass is 16.2. The smallest absolute Gasteiger partial charge is 0.226 e. The zero-order valence-electron chi connectivity index (χ0n) is 17.2. The van der Waals surface area contributed by atoms with Gasteiger partial charge in [0.05, 0.1) is 5.69 Å². The van der Waals surface area contributed by atoms with E-state index in [2.05, 4.69) is 20.8 Å². The molecule has 0 saturated carbocycles. The molecule has 0 radical (unpaired) electrons. The molecule has 0 bridgehead atoms. The molecule has 1 fully saturated rings. The molecule has 2 aromatic carbocycles. The van der Waals surface area contributed by atoms with Gasteiger partial charge in [-0.25, -0.2) is 0 Å². The van der Waals surface area contributed by atoms with Crippen LogP contribution in [-0.2, 0) is 9.59 Å². The predicted octanol–water partition coefficient (Wildman–Crippen LogP) is 4.60. The third kappa shape index (κ3) is 4.35. The van der Waals surface area contributed by atoms with Crippen LogP contribution in [0.5, 0.6) is 0 Å². The topological polar surface area (TPSA) is 90.1 Å². The van der Waals surface area contributed by atoms with E-state index in [1.165, 1.54) is 6.92 Å². The summed E-state index contributed by atoms with van der Waals surface area (Å²) in [6, 6.07) is 15.6. The molecule has 0 atom stereocenters. The second-order valence-corrected chi connectivity index (χ2v) is 7.55. The van der Waals surface area contributed by atoms with Crippen molar-refractivity contribution in [3.63, 3.8) is 0 Å². The van der Waals surface area contributed by atoms with E-state index in [-0.39, 0.29) is 11.8 Å². The number of anilines is 4. The summed E-state index contributed by atoms with van der Waals surface area (Å²) in [5.41, 5.74) is 5.52. The van der Waals surface area contributed by atoms with Gasteiger partial charge in [-0.15, -0.1) is 0 Å². The van der Waals surface area contributed by atoms with Gasteiger partial charge in [-0.2, -0.15) is 5.10 Å². The van der Waals surface area contributed by atoms with Crippen LogP contribution < -0.4 is 15.5 Å². The van der Waals surface area contributed by atoms with Gasteiger partial charge in [0.25, 0.3) is 0 Å². The SMILES string of the molecule is CC(=O)Nc1ccc(Nc2cc(-c3ccc(N4CCCCC4=O)cc3)[nH]n2)c(C)c1. The predicted molar refractivity (Wildman–Crippen MR) is 119 cm³/mol. The first-order valence-corrected chi connectivity index (χ1v) is 10.1. The first kappa shape index (κ1) is 19.7. The van der Waals surface area contributed by atoms with E-state index in [9.17, 15) is 9.59 Å². The fourth-order valence-corrected chi connectivity index (χ4v) is 3.66. The number of carbonyl (C=O) groups is 2. The molecule has 154 valence electrons. The number of nitrogens with zero attached hydrogens (tertiary/aromatic N) is 2. The van der Waals surface area contributed by atoms with E-state index >= 15 is 0 Å². The van der Waals surface area contributed by atoms with Crippen LogP contribution in [-0.4, -0.2) is 28.6 Å². The van der Waals surface area contributed by atoms with Crippen LogP contribution in [0.25, 0.3) is 11.3 Å². The van der Waals surface area contributed by atoms with Crippen molar-refractivity contribution in [3.8, 4) is 11.3 Å². The number of carbonyl (C=O) groups excluding carboxylic acids is 2. The lowest BCUT2D eigenvalue weighted by molar-refractivity contribution is -0.119. The van der Waals surface area contributed by atoms with E-state index in [1.54, 1.807) is 0 Å². The maximum atomic E-state index is 12.1. The second kappa shape index (κ2) is 8.41. The summed E-state index contributed by atoms with van der Waals surface area (Å²) in [4.78, 5) is 25.2. The van der Waals surface area contributed by atoms with E-state index in [0.717, 1.165) is 53.3 Å². The van der Waals surface area contributed by atoms with Gasteiger partial charge in [-0.05, 0) is 61.2 Å². The lowest BCUT2D eigenvalue weighted by Gasteiger charge is -2.26. The summed E-state index contributed by atoms with van der Waals surface area (Å²) in [5.74, 6) is 0.806. The van der Waals surface area contributed by atoms with Gasteiger partial charge in [0.1, 0.15) is 0 Å². The van der Waals surface area contributed by atoms with Gasteiger partial charge in [-0.3, -0.25) is 14.7 Å². The number of aromatic amines is 1. The first-order chi connectivity index (χ1) is 14.5. The molecule has 3 aromatic rings. The Morgan fingerprint density at radius 2 is 1.90 bits per heavy atom. The Morgan fingerprint density at radius 1 is 1.10 bits per heavy atom. The first-order valence-electron chi connectivity index (χ1n) is 10.1. The number of aromatic nitrogens is 2. The second-order valence-electron chi connectivity index (χ2n) is 7.55. The van der Waals surface area contributed by atoms with Crippen molar-refractivity contribution in [2.24, 2.45) is 0 Å². The summed E-state index contributed by atoms with van der Waals surface area (Å²) in [6.45, 7) is 4.25. The maximum Gasteiger partial charge on any atom is 0.226 e. The number of piperidine rings is 1. The van der Waals surface area contributed by atoms with Crippen molar-refractivity contribution in [1.29, 1.82) is 0 Å². The molecule has 0 spiro atoms. The minimum Gasteiger partial charge on any atom is -0.339 e. The van der Waals surface area contributed by atoms with Crippen LogP contribution in [0.2, 0.25) is 0 Å². The standard InChI is InChI=1S/C23H25N5O2/c1-15-13-18(24-16(2)29)8-11-20(15)25-22-14-21(26-27-22)17-6-9-19(10-7-17)28-12-4-3-5-23(28)30/h6-11,13-14H,3-5,12H2,1-2H3,(H,24,29)(H2,25,26,27). The molecule has 0 unspecified atom stereocenters. The summed E-state index contributed by atoms with van der Waals surface area (Å²) >= 11 is 0. The maximum absolute atomic E-state index is 12.1. The molecule has 1 aliphatic rings. The molecular weight excluding hydrogens is 378 g/mol. The molecule has 0 aliphatic carbocycles. The molecule has 4 rings (SSSR count). The molecule has 2 amide bonds. The molecule has 1 aromatic heterocycles. The van der Waals surface area contributed by atoms with Crippen molar-refractivity contribution >= 4 is 34.7 Å². The van der Waals surface area contributed by atoms with Crippen LogP contribution in [0.1, 0.15) is 31.7 Å². The highest BCUT2D eigenvalue weighted by Crippen LogP contribution is 2.28. The van der Waals surface area contributed by atoms with Gasteiger partial charge in [0.15, 0.2) is 5.82 Å². The fraction of sp³-hybridized carbons (Fsp3) is 0.261. The number of hydrogen-bond donors (Lipinski definition) is 3. The Hall–Kier alpha value is -3.61. The largest absolute Gasteiger partial charge is 0.339 e. The summed E-state index contributed by atoms with van der Waals surface area (Å²) < 4.78 is 0. The van der Waals surface area contributed by atoms with E-state index in [4.69, 9.17) is 0 Å². The molecule has 2 heterocycles. The Labute approximate surface area is 175 Å². The zero-order valence-corrected chi connectivity index (χ0v) is 17.2. The highest BCUT2D eigenvalue weighted by molar-refractivity contribution is 5.94. The molecule has 1 saturated heterocycles. The number of nitrogens with one attached hydrogen (secondary N) is 3. The zero-order chi connectivity index (χ0) is 21.1. The molecule has 3 N–H and O–H groups in total. The van der Waals surface area contributed by atoms with Gasteiger partial charge in [-0.1, -0.05) is 12.1 Å². The van der Waals surface area contributed by atoms with Crippen molar-refractivity contribution in [1.82, 2.24) is 10.2 Å². The van der Waals surface area contributed by atoms with Crippen LogP contribution >= 0.6 is 0 Å². The average molecular weight is 403 g/mol. The third-order valence-corrected chi connectivity index (χ3v) is 5.20. The number of hydrogen-bond acceptors (Lipinski definition) is 4. The van der Waals surface area contributed by atoms with Crippen molar-refractivity contribution in [2.45, 2.75) is 33.1 Å². The number of H-pyrrole nitrogens is 1. The van der Waals surface area contributed by atoms with Crippen molar-refractivity contribution in [2.75, 3.05) is 22.1 Å². The lowest BCUT2D eigenvalue weighted by Crippen LogP contribution is -2.35. The lowest BCUT2D eigenvalue weighted by atomic mass is 10.1. The van der Waals surface area contributed by atoms with E-state index in [0.29, 0.717) is 12.2 Å². The van der Waals surface area contributed by atoms with E-state index < -0.39 is 0 Å². The average Bonchev–Trinajstić information content (AvgIpc) is 3.19. The minimum atomic E-state index is -0.0947. The van der Waals surface area contributed by atoms with Crippen LogP contribution in [0.3, 0.4) is 0 Å². The summed E-state index contributed by atoms with van der Waals surface area (Å²) in [5, 5.41) is 13.5. The Bertz CT molecular complexity index is 1070. The van der Waals surface area contributed by atoms with Crippen molar-refractivity contribution < 1.29 is 9.59 Å².